The van der Waals surface area contributed by atoms with E-state index in [1.807, 2.05) is 22.3 Å². The molecule has 8 unspecified atom stereocenters. The van der Waals surface area contributed by atoms with E-state index in [2.05, 4.69) is 79.1 Å². The number of fused-ring (bicyclic) bond motifs is 5. The van der Waals surface area contributed by atoms with Crippen LogP contribution in [0.25, 0.3) is 0 Å². The quantitative estimate of drug-likeness (QED) is 0.198. The Morgan fingerprint density at radius 1 is 0.863 bits per heavy atom. The molecule has 0 saturated heterocycles. The summed E-state index contributed by atoms with van der Waals surface area (Å²) in [6.07, 6.45) is 37.0. The highest BCUT2D eigenvalue weighted by Crippen LogP contribution is 2.74. The molecule has 2 saturated carbocycles. The van der Waals surface area contributed by atoms with E-state index in [1.54, 1.807) is 16.7 Å². The molecular formula is C48H63N3. The van der Waals surface area contributed by atoms with Gasteiger partial charge in [0.25, 0.3) is 0 Å². The average Bonchev–Trinajstić information content (AvgIpc) is 3.58. The lowest BCUT2D eigenvalue weighted by molar-refractivity contribution is 0.172. The molecule has 0 heterocycles. The topological polar surface area (TPSA) is 50.1 Å². The highest BCUT2D eigenvalue weighted by Gasteiger charge is 2.64. The number of benzene rings is 1. The Morgan fingerprint density at radius 3 is 2.57 bits per heavy atom. The summed E-state index contributed by atoms with van der Waals surface area (Å²) in [5.41, 5.74) is 23.3. The minimum atomic E-state index is -0.196. The van der Waals surface area contributed by atoms with Crippen LogP contribution in [0, 0.1) is 34.5 Å². The summed E-state index contributed by atoms with van der Waals surface area (Å²) in [6.45, 7) is 6.28. The molecule has 10 rings (SSSR count). The smallest absolute Gasteiger partial charge is 0.0855 e. The zero-order valence-electron chi connectivity index (χ0n) is 31.6. The number of hydrogen-bond donors (Lipinski definition) is 3. The van der Waals surface area contributed by atoms with Crippen LogP contribution in [0.4, 0.5) is 0 Å². The van der Waals surface area contributed by atoms with E-state index < -0.39 is 0 Å². The van der Waals surface area contributed by atoms with Crippen molar-refractivity contribution in [3.8, 4) is 0 Å². The van der Waals surface area contributed by atoms with Gasteiger partial charge >= 0.3 is 0 Å². The van der Waals surface area contributed by atoms with Gasteiger partial charge in [0.1, 0.15) is 0 Å². The largest absolute Gasteiger partial charge is 0.312 e. The Bertz CT molecular complexity index is 1760. The van der Waals surface area contributed by atoms with E-state index >= 15 is 0 Å². The van der Waals surface area contributed by atoms with Gasteiger partial charge in [0.05, 0.1) is 12.3 Å². The maximum absolute atomic E-state index is 7.11. The Kier molecular flexibility index (Phi) is 8.34. The summed E-state index contributed by atoms with van der Waals surface area (Å²) < 4.78 is 0. The fraction of sp³-hybridized carbons (Fsp3) is 0.625. The Balaban J connectivity index is 1.16. The van der Waals surface area contributed by atoms with Crippen LogP contribution >= 0.6 is 0 Å². The molecule has 2 fully saturated rings. The Labute approximate surface area is 308 Å². The van der Waals surface area contributed by atoms with Gasteiger partial charge in [0, 0.05) is 17.9 Å². The number of nitrogens with one attached hydrogen (secondary N) is 2. The molecule has 0 aliphatic heterocycles. The molecule has 0 amide bonds. The molecule has 9 aliphatic rings. The molecule has 270 valence electrons. The second-order valence-electron chi connectivity index (χ2n) is 18.8. The fourth-order valence-corrected chi connectivity index (χ4v) is 14.2. The normalized spacial score (nSPS) is 35.1. The van der Waals surface area contributed by atoms with Crippen molar-refractivity contribution in [1.29, 1.82) is 0 Å². The first-order valence-electron chi connectivity index (χ1n) is 21.5. The van der Waals surface area contributed by atoms with E-state index in [1.165, 1.54) is 107 Å². The SMILES string of the molecule is CC1(C)C2C=CCC3c4c(C(NCC5=CCCCC5)NC(N)C5=CCCC=C5)cccc4C4CCCC5=C4C4=C(CCC1C4C32)C51CCCCC1. The first-order chi connectivity index (χ1) is 25.0. The predicted octanol–water partition coefficient (Wildman–Crippen LogP) is 11.1. The Morgan fingerprint density at radius 2 is 1.75 bits per heavy atom. The van der Waals surface area contributed by atoms with Crippen LogP contribution in [0.3, 0.4) is 0 Å². The monoisotopic (exact) mass is 682 g/mol. The van der Waals surface area contributed by atoms with Crippen molar-refractivity contribution in [2.24, 2.45) is 40.2 Å². The third-order valence-corrected chi connectivity index (χ3v) is 16.3. The standard InChI is InChI=1S/C48H63N3/c1-47(2)36-23-14-21-34-40-32(19-12-22-35(40)46(50-29-30-15-6-3-7-16-30)51-45(49)31-17-8-4-9-18-31)33-20-13-24-38-41(33)44-39(48(38)27-10-5-11-28-48)26-25-37(47)43(44)42(34)36/h8,12,14-15,17-19,22-23,33-34,36-37,42-43,45-46,50-51H,3-7,9-11,13,16,20-21,24-29,49H2,1-2H3. The first-order valence-corrected chi connectivity index (χ1v) is 21.5. The number of rotatable bonds is 7. The van der Waals surface area contributed by atoms with E-state index in [9.17, 15) is 0 Å². The van der Waals surface area contributed by atoms with Crippen LogP contribution < -0.4 is 16.4 Å². The lowest BCUT2D eigenvalue weighted by Crippen LogP contribution is -2.47. The minimum absolute atomic E-state index is 0.00484. The number of nitrogens with two attached hydrogens (primary N) is 1. The van der Waals surface area contributed by atoms with Gasteiger partial charge in [-0.3, -0.25) is 10.6 Å². The lowest BCUT2D eigenvalue weighted by atomic mass is 9.59. The Hall–Kier alpha value is -2.46. The summed E-state index contributed by atoms with van der Waals surface area (Å²) in [7, 11) is 0. The zero-order chi connectivity index (χ0) is 34.3. The maximum atomic E-state index is 7.11. The van der Waals surface area contributed by atoms with Crippen LogP contribution in [0.1, 0.15) is 158 Å². The lowest BCUT2D eigenvalue weighted by Gasteiger charge is -2.46. The second-order valence-corrected chi connectivity index (χ2v) is 18.8. The van der Waals surface area contributed by atoms with Gasteiger partial charge in [-0.2, -0.15) is 0 Å². The molecule has 1 aromatic rings. The molecule has 9 aliphatic carbocycles. The third-order valence-electron chi connectivity index (χ3n) is 16.3. The predicted molar refractivity (Wildman–Crippen MR) is 211 cm³/mol. The van der Waals surface area contributed by atoms with Crippen molar-refractivity contribution < 1.29 is 0 Å². The van der Waals surface area contributed by atoms with Crippen molar-refractivity contribution in [2.45, 2.75) is 147 Å². The summed E-state index contributed by atoms with van der Waals surface area (Å²) in [6, 6.07) is 7.54. The van der Waals surface area contributed by atoms with Crippen molar-refractivity contribution in [1.82, 2.24) is 10.6 Å². The molecule has 3 nitrogen and oxygen atoms in total. The maximum Gasteiger partial charge on any atom is 0.0855 e. The molecule has 4 N–H and O–H groups in total. The summed E-state index contributed by atoms with van der Waals surface area (Å²) in [5, 5.41) is 8.17. The summed E-state index contributed by atoms with van der Waals surface area (Å²) in [4.78, 5) is 0. The molecule has 51 heavy (non-hydrogen) atoms. The van der Waals surface area contributed by atoms with E-state index in [4.69, 9.17) is 5.73 Å². The highest BCUT2D eigenvalue weighted by atomic mass is 15.2. The van der Waals surface area contributed by atoms with Crippen molar-refractivity contribution in [3.05, 3.63) is 105 Å². The van der Waals surface area contributed by atoms with Crippen molar-refractivity contribution >= 4 is 0 Å². The minimum Gasteiger partial charge on any atom is -0.312 e. The van der Waals surface area contributed by atoms with Gasteiger partial charge in [-0.15, -0.1) is 0 Å². The molecular weight excluding hydrogens is 619 g/mol. The van der Waals surface area contributed by atoms with E-state index in [0.29, 0.717) is 40.4 Å². The van der Waals surface area contributed by atoms with Gasteiger partial charge < -0.3 is 5.73 Å². The van der Waals surface area contributed by atoms with E-state index in [0.717, 1.165) is 25.3 Å². The molecule has 1 spiro atoms. The second kappa shape index (κ2) is 12.8. The van der Waals surface area contributed by atoms with E-state index in [-0.39, 0.29) is 12.3 Å². The van der Waals surface area contributed by atoms with Crippen LogP contribution in [-0.2, 0) is 0 Å². The fourth-order valence-electron chi connectivity index (χ4n) is 14.2. The first kappa shape index (κ1) is 33.1. The highest BCUT2D eigenvalue weighted by molar-refractivity contribution is 5.64. The van der Waals surface area contributed by atoms with Crippen molar-refractivity contribution in [3.63, 3.8) is 0 Å². The summed E-state index contributed by atoms with van der Waals surface area (Å²) >= 11 is 0. The van der Waals surface area contributed by atoms with Gasteiger partial charge in [0.2, 0.25) is 0 Å². The zero-order valence-corrected chi connectivity index (χ0v) is 31.6. The van der Waals surface area contributed by atoms with Crippen molar-refractivity contribution in [2.75, 3.05) is 6.54 Å². The van der Waals surface area contributed by atoms with Gasteiger partial charge in [0.15, 0.2) is 0 Å². The molecule has 1 aromatic carbocycles. The van der Waals surface area contributed by atoms with Gasteiger partial charge in [-0.25, -0.2) is 0 Å². The molecule has 0 bridgehead atoms. The number of allylic oxidation sites excluding steroid dienone is 9. The van der Waals surface area contributed by atoms with Crippen LogP contribution in [0.2, 0.25) is 0 Å². The molecule has 0 radical (unpaired) electrons. The molecule has 8 atom stereocenters. The van der Waals surface area contributed by atoms with Crippen LogP contribution in [0.15, 0.2) is 88.1 Å². The van der Waals surface area contributed by atoms with Crippen LogP contribution in [-0.4, -0.2) is 12.7 Å². The third kappa shape index (κ3) is 5.06. The molecule has 0 aromatic heterocycles. The molecule has 3 heteroatoms. The summed E-state index contributed by atoms with van der Waals surface area (Å²) in [5.74, 6) is 3.90. The van der Waals surface area contributed by atoms with Gasteiger partial charge in [-0.05, 0) is 158 Å². The average molecular weight is 682 g/mol. The van der Waals surface area contributed by atoms with Crippen LogP contribution in [0.5, 0.6) is 0 Å². The number of hydrogen-bond acceptors (Lipinski definition) is 3. The van der Waals surface area contributed by atoms with Gasteiger partial charge in [-0.1, -0.05) is 104 Å².